The Morgan fingerprint density at radius 2 is 1.72 bits per heavy atom. The van der Waals surface area contributed by atoms with Gasteiger partial charge in [-0.15, -0.1) is 0 Å². The molecule has 4 rings (SSSR count). The van der Waals surface area contributed by atoms with Crippen LogP contribution < -0.4 is 26.4 Å². The molecule has 0 radical (unpaired) electrons. The van der Waals surface area contributed by atoms with E-state index in [0.29, 0.717) is 26.2 Å². The van der Waals surface area contributed by atoms with Gasteiger partial charge in [-0.2, -0.15) is 4.57 Å². The zero-order valence-corrected chi connectivity index (χ0v) is 20.7. The number of aryl methyl sites for hydroxylation is 1. The van der Waals surface area contributed by atoms with E-state index in [9.17, 15) is 4.79 Å². The number of fused-ring (bicyclic) bond motifs is 1. The minimum atomic E-state index is -0.482. The smallest absolute Gasteiger partial charge is 0.410 e. The van der Waals surface area contributed by atoms with E-state index in [2.05, 4.69) is 39.9 Å². The zero-order valence-electron chi connectivity index (χ0n) is 19.1. The molecule has 1 saturated heterocycles. The van der Waals surface area contributed by atoms with Crippen LogP contribution in [0.3, 0.4) is 0 Å². The van der Waals surface area contributed by atoms with Crippen LogP contribution in [0.15, 0.2) is 48.8 Å². The maximum Gasteiger partial charge on any atom is 0.410 e. The van der Waals surface area contributed by atoms with Gasteiger partial charge in [0.2, 0.25) is 0 Å². The first-order valence-electron chi connectivity index (χ1n) is 10.7. The Bertz CT molecular complexity index is 1080. The third-order valence-electron chi connectivity index (χ3n) is 5.25. The van der Waals surface area contributed by atoms with E-state index in [0.717, 1.165) is 29.1 Å². The molecule has 8 heteroatoms. The number of ether oxygens (including phenoxy) is 1. The molecular formula is C24H30BrN5O2. The van der Waals surface area contributed by atoms with Crippen LogP contribution in [-0.2, 0) is 11.3 Å². The fourth-order valence-corrected chi connectivity index (χ4v) is 3.74. The highest BCUT2D eigenvalue weighted by Crippen LogP contribution is 2.21. The lowest BCUT2D eigenvalue weighted by Gasteiger charge is -2.36. The zero-order chi connectivity index (χ0) is 22.0. The minimum absolute atomic E-state index is 0. The fraction of sp³-hybridized carbons (Fsp3) is 0.417. The number of pyridine rings is 1. The van der Waals surface area contributed by atoms with E-state index in [4.69, 9.17) is 14.7 Å². The molecule has 0 atom stereocenters. The van der Waals surface area contributed by atoms with Crippen LogP contribution in [0.2, 0.25) is 0 Å². The molecule has 32 heavy (non-hydrogen) atoms. The molecule has 2 aromatic heterocycles. The number of anilines is 1. The molecule has 3 heterocycles. The molecule has 0 aliphatic carbocycles. The van der Waals surface area contributed by atoms with E-state index in [1.807, 2.05) is 46.0 Å². The predicted molar refractivity (Wildman–Crippen MR) is 120 cm³/mol. The third-order valence-corrected chi connectivity index (χ3v) is 5.25. The number of amides is 1. The summed E-state index contributed by atoms with van der Waals surface area (Å²) in [6, 6.07) is 12.4. The van der Waals surface area contributed by atoms with Gasteiger partial charge in [-0.25, -0.2) is 14.8 Å². The maximum absolute atomic E-state index is 12.3. The Balaban J connectivity index is 0.00000289. The van der Waals surface area contributed by atoms with Crippen molar-refractivity contribution in [3.8, 4) is 0 Å². The molecule has 0 bridgehead atoms. The highest BCUT2D eigenvalue weighted by molar-refractivity contribution is 5.75. The molecule has 0 N–H and O–H groups in total. The lowest BCUT2D eigenvalue weighted by atomic mass is 10.2. The first-order chi connectivity index (χ1) is 14.8. The van der Waals surface area contributed by atoms with Gasteiger partial charge in [-0.05, 0) is 27.7 Å². The Kier molecular flexibility index (Phi) is 7.33. The van der Waals surface area contributed by atoms with E-state index in [1.165, 1.54) is 5.56 Å². The number of halogens is 1. The van der Waals surface area contributed by atoms with Crippen molar-refractivity contribution < 1.29 is 31.1 Å². The first-order valence-corrected chi connectivity index (χ1v) is 10.7. The van der Waals surface area contributed by atoms with Crippen molar-refractivity contribution in [3.05, 3.63) is 60.0 Å². The second kappa shape index (κ2) is 9.81. The van der Waals surface area contributed by atoms with Crippen LogP contribution in [0.1, 0.15) is 32.0 Å². The van der Waals surface area contributed by atoms with Gasteiger partial charge in [0.15, 0.2) is 30.3 Å². The summed E-state index contributed by atoms with van der Waals surface area (Å²) in [5, 5.41) is 0. The summed E-state index contributed by atoms with van der Waals surface area (Å²) < 4.78 is 7.63. The van der Waals surface area contributed by atoms with Crippen LogP contribution in [0.25, 0.3) is 11.0 Å². The third kappa shape index (κ3) is 5.73. The Morgan fingerprint density at radius 1 is 1.03 bits per heavy atom. The van der Waals surface area contributed by atoms with Gasteiger partial charge in [-0.1, -0.05) is 30.3 Å². The van der Waals surface area contributed by atoms with E-state index in [1.54, 1.807) is 4.90 Å². The van der Waals surface area contributed by atoms with Gasteiger partial charge in [0.25, 0.3) is 0 Å². The summed E-state index contributed by atoms with van der Waals surface area (Å²) in [4.78, 5) is 26.0. The number of carbonyl (C=O) groups is 1. The molecule has 170 valence electrons. The second-order valence-corrected chi connectivity index (χ2v) is 8.96. The SMILES string of the molecule is Cc1nc2cc[n+](Cc3ccccc3)cc2nc1N1CCN(C(=O)OC(C)(C)C)CC1.[Br-]. The fourth-order valence-electron chi connectivity index (χ4n) is 3.74. The van der Waals surface area contributed by atoms with Crippen LogP contribution in [-0.4, -0.2) is 52.7 Å². The van der Waals surface area contributed by atoms with E-state index >= 15 is 0 Å². The normalized spacial score (nSPS) is 14.2. The van der Waals surface area contributed by atoms with Crippen molar-refractivity contribution in [3.63, 3.8) is 0 Å². The molecule has 1 amide bonds. The molecule has 1 aromatic carbocycles. The standard InChI is InChI=1S/C24H30N5O2.BrH/c1-18-22(28-12-14-29(15-13-28)23(30)31-24(2,3)4)26-21-17-27(11-10-20(21)25-18)16-19-8-6-5-7-9-19;/h5-11,17H,12-16H2,1-4H3;1H/q+1;/p-1. The van der Waals surface area contributed by atoms with Gasteiger partial charge in [0, 0.05) is 37.8 Å². The maximum atomic E-state index is 12.3. The lowest BCUT2D eigenvalue weighted by Crippen LogP contribution is -3.00. The number of benzene rings is 1. The number of nitrogens with zero attached hydrogens (tertiary/aromatic N) is 5. The number of carbonyl (C=O) groups excluding carboxylic acids is 1. The van der Waals surface area contributed by atoms with Crippen molar-refractivity contribution in [1.82, 2.24) is 14.9 Å². The van der Waals surface area contributed by atoms with Crippen molar-refractivity contribution in [2.75, 3.05) is 31.1 Å². The van der Waals surface area contributed by atoms with Gasteiger partial charge >= 0.3 is 6.09 Å². The predicted octanol–water partition coefficient (Wildman–Crippen LogP) is 0.335. The van der Waals surface area contributed by atoms with Gasteiger partial charge in [0.1, 0.15) is 11.1 Å². The molecule has 1 aliphatic heterocycles. The summed E-state index contributed by atoms with van der Waals surface area (Å²) in [6.07, 6.45) is 3.84. The quantitative estimate of drug-likeness (QED) is 0.486. The second-order valence-electron chi connectivity index (χ2n) is 8.96. The Labute approximate surface area is 199 Å². The number of aromatic nitrogens is 3. The lowest BCUT2D eigenvalue weighted by molar-refractivity contribution is -0.687. The number of piperazine rings is 1. The first kappa shape index (κ1) is 23.9. The summed E-state index contributed by atoms with van der Waals surface area (Å²) in [5.74, 6) is 0.883. The summed E-state index contributed by atoms with van der Waals surface area (Å²) in [5.41, 5.74) is 3.42. The van der Waals surface area contributed by atoms with Crippen LogP contribution in [0, 0.1) is 6.92 Å². The topological polar surface area (TPSA) is 62.4 Å². The summed E-state index contributed by atoms with van der Waals surface area (Å²) in [6.45, 7) is 11.1. The molecule has 0 saturated carbocycles. The molecular weight excluding hydrogens is 470 g/mol. The average molecular weight is 500 g/mol. The van der Waals surface area contributed by atoms with Gasteiger partial charge < -0.3 is 31.5 Å². The van der Waals surface area contributed by atoms with Crippen LogP contribution >= 0.6 is 0 Å². The average Bonchev–Trinajstić information content (AvgIpc) is 2.73. The Morgan fingerprint density at radius 3 is 2.38 bits per heavy atom. The van der Waals surface area contributed by atoms with Crippen molar-refractivity contribution in [2.45, 2.75) is 39.8 Å². The highest BCUT2D eigenvalue weighted by atomic mass is 79.9. The van der Waals surface area contributed by atoms with E-state index in [-0.39, 0.29) is 23.1 Å². The number of rotatable bonds is 3. The van der Waals surface area contributed by atoms with Crippen molar-refractivity contribution in [2.24, 2.45) is 0 Å². The van der Waals surface area contributed by atoms with Crippen LogP contribution in [0.5, 0.6) is 0 Å². The van der Waals surface area contributed by atoms with Crippen molar-refractivity contribution >= 4 is 22.9 Å². The minimum Gasteiger partial charge on any atom is -1.00 e. The summed E-state index contributed by atoms with van der Waals surface area (Å²) >= 11 is 0. The Hall–Kier alpha value is -2.74. The van der Waals surface area contributed by atoms with E-state index < -0.39 is 5.60 Å². The van der Waals surface area contributed by atoms with Crippen molar-refractivity contribution in [1.29, 1.82) is 0 Å². The number of hydrogen-bond donors (Lipinski definition) is 0. The molecule has 7 nitrogen and oxygen atoms in total. The number of hydrogen-bond acceptors (Lipinski definition) is 5. The largest absolute Gasteiger partial charge is 1.00 e. The summed E-state index contributed by atoms with van der Waals surface area (Å²) in [7, 11) is 0. The van der Waals surface area contributed by atoms with Crippen LogP contribution in [0.4, 0.5) is 10.6 Å². The molecule has 0 spiro atoms. The monoisotopic (exact) mass is 499 g/mol. The highest BCUT2D eigenvalue weighted by Gasteiger charge is 2.27. The molecule has 1 aliphatic rings. The molecule has 1 fully saturated rings. The molecule has 0 unspecified atom stereocenters. The van der Waals surface area contributed by atoms with Gasteiger partial charge in [0.05, 0.1) is 5.69 Å². The molecule has 3 aromatic rings. The van der Waals surface area contributed by atoms with Gasteiger partial charge in [-0.3, -0.25) is 0 Å².